The first kappa shape index (κ1) is 45.3. The summed E-state index contributed by atoms with van der Waals surface area (Å²) in [6.45, 7) is 1.74. The number of carbonyl (C=O) groups is 2. The molecule has 12 aliphatic rings. The molecule has 15 heteroatoms. The van der Waals surface area contributed by atoms with Crippen LogP contribution in [0.3, 0.4) is 0 Å². The first-order valence-electron chi connectivity index (χ1n) is 27.5. The summed E-state index contributed by atoms with van der Waals surface area (Å²) in [6.07, 6.45) is 15.7. The molecule has 1 saturated heterocycles. The first-order chi connectivity index (χ1) is 36.2. The molecule has 0 unspecified atom stereocenters. The fraction of sp³-hybridized carbons (Fsp3) is 0.500. The van der Waals surface area contributed by atoms with E-state index >= 15 is 9.59 Å². The second-order valence-corrected chi connectivity index (χ2v) is 24.8. The summed E-state index contributed by atoms with van der Waals surface area (Å²) in [5.41, 5.74) is 2.14. The molecule has 75 heavy (non-hydrogen) atoms. The molecule has 4 aliphatic heterocycles. The van der Waals surface area contributed by atoms with E-state index in [2.05, 4.69) is 32.4 Å². The van der Waals surface area contributed by atoms with Crippen LogP contribution < -0.4 is 10.1 Å². The zero-order valence-corrected chi connectivity index (χ0v) is 41.8. The maximum Gasteiger partial charge on any atom is 0.261 e. The van der Waals surface area contributed by atoms with Gasteiger partial charge in [-0.3, -0.25) is 9.59 Å². The quantitative estimate of drug-likeness (QED) is 0.0779. The molecule has 8 aliphatic carbocycles. The Labute approximate surface area is 432 Å². The van der Waals surface area contributed by atoms with Gasteiger partial charge in [-0.2, -0.15) is 0 Å². The van der Waals surface area contributed by atoms with Gasteiger partial charge < -0.3 is 55.4 Å². The highest BCUT2D eigenvalue weighted by Gasteiger charge is 2.76. The Morgan fingerprint density at radius 1 is 0.853 bits per heavy atom. The molecule has 9 N–H and O–H groups in total. The minimum Gasteiger partial charge on any atom is -0.507 e. The number of rotatable bonds is 1. The number of ketones is 2. The van der Waals surface area contributed by atoms with Gasteiger partial charge in [0.15, 0.2) is 17.5 Å². The monoisotopic (exact) mass is 1010 g/mol. The molecule has 5 fully saturated rings. The molecule has 0 amide bonds. The molecule has 12 atom stereocenters. The van der Waals surface area contributed by atoms with Crippen molar-refractivity contribution in [2.75, 3.05) is 11.9 Å². The second-order valence-electron chi connectivity index (χ2n) is 24.8. The minimum atomic E-state index is -2.45. The van der Waals surface area contributed by atoms with Crippen LogP contribution in [0.5, 0.6) is 11.5 Å². The van der Waals surface area contributed by atoms with Crippen molar-refractivity contribution in [1.82, 2.24) is 19.9 Å². The van der Waals surface area contributed by atoms with Crippen LogP contribution >= 0.6 is 0 Å². The average Bonchev–Trinajstić information content (AvgIpc) is 4.47. The van der Waals surface area contributed by atoms with Crippen LogP contribution in [0.1, 0.15) is 168 Å². The van der Waals surface area contributed by atoms with Gasteiger partial charge in [-0.1, -0.05) is 49.8 Å². The van der Waals surface area contributed by atoms with Crippen LogP contribution in [0.25, 0.3) is 22.4 Å². The van der Waals surface area contributed by atoms with Crippen LogP contribution in [-0.4, -0.2) is 111 Å². The number of hydrogen-bond donors (Lipinski definition) is 9. The lowest BCUT2D eigenvalue weighted by molar-refractivity contribution is -0.366. The van der Waals surface area contributed by atoms with Crippen molar-refractivity contribution in [3.8, 4) is 11.5 Å². The van der Waals surface area contributed by atoms with Gasteiger partial charge in [0.2, 0.25) is 5.78 Å². The highest BCUT2D eigenvalue weighted by Crippen LogP contribution is 2.74. The second kappa shape index (κ2) is 14.7. The number of anilines is 1. The van der Waals surface area contributed by atoms with Gasteiger partial charge in [-0.15, -0.1) is 0 Å². The summed E-state index contributed by atoms with van der Waals surface area (Å²) >= 11 is 0. The van der Waals surface area contributed by atoms with Crippen molar-refractivity contribution in [2.45, 2.75) is 156 Å². The van der Waals surface area contributed by atoms with Gasteiger partial charge in [0.1, 0.15) is 29.5 Å². The fourth-order valence-electron chi connectivity index (χ4n) is 18.6. The summed E-state index contributed by atoms with van der Waals surface area (Å²) in [6, 6.07) is 6.23. The number of benzene rings is 2. The topological polar surface area (TPSA) is 243 Å². The number of phenolic OH excluding ortho intramolecular Hbond substituents is 1. The van der Waals surface area contributed by atoms with E-state index in [1.807, 2.05) is 6.20 Å². The van der Waals surface area contributed by atoms with Crippen LogP contribution in [0, 0.1) is 29.1 Å². The Balaban J connectivity index is 1.04. The van der Waals surface area contributed by atoms with Crippen molar-refractivity contribution >= 4 is 39.8 Å². The normalized spacial score (nSPS) is 38.2. The van der Waals surface area contributed by atoms with Crippen molar-refractivity contribution < 1.29 is 49.7 Å². The number of nitrogens with zero attached hydrogens (tertiary/aromatic N) is 2. The maximum absolute atomic E-state index is 15.3. The highest BCUT2D eigenvalue weighted by molar-refractivity contribution is 6.34. The summed E-state index contributed by atoms with van der Waals surface area (Å²) in [5.74, 6) is -4.14. The number of aromatic amines is 2. The third-order valence-corrected chi connectivity index (χ3v) is 21.6. The lowest BCUT2D eigenvalue weighted by Crippen LogP contribution is -2.78. The Morgan fingerprint density at radius 2 is 1.69 bits per heavy atom. The fourth-order valence-corrected chi connectivity index (χ4v) is 18.6. The zero-order valence-electron chi connectivity index (χ0n) is 41.8. The number of nitrogens with one attached hydrogen (secondary N) is 3. The lowest BCUT2D eigenvalue weighted by atomic mass is 9.50. The van der Waals surface area contributed by atoms with Crippen molar-refractivity contribution in [1.29, 1.82) is 0 Å². The van der Waals surface area contributed by atoms with E-state index in [1.165, 1.54) is 6.07 Å². The molecular formula is C60H61N5O10. The minimum absolute atomic E-state index is 0.00755. The predicted molar refractivity (Wildman–Crippen MR) is 274 cm³/mol. The Hall–Kier alpha value is -5.94. The zero-order chi connectivity index (χ0) is 50.9. The molecule has 0 radical (unpaired) electrons. The third-order valence-electron chi connectivity index (χ3n) is 21.6. The molecular weight excluding hydrogens is 951 g/mol. The number of aromatic hydroxyl groups is 1. The summed E-state index contributed by atoms with van der Waals surface area (Å²) < 4.78 is 14.9. The maximum atomic E-state index is 15.3. The molecule has 8 bridgehead atoms. The number of pyridine rings is 1. The van der Waals surface area contributed by atoms with Gasteiger partial charge in [-0.05, 0) is 141 Å². The number of aromatic nitrogens is 4. The molecule has 4 saturated carbocycles. The van der Waals surface area contributed by atoms with Gasteiger partial charge in [0.25, 0.3) is 5.79 Å². The van der Waals surface area contributed by atoms with E-state index in [9.17, 15) is 30.6 Å². The van der Waals surface area contributed by atoms with Crippen LogP contribution in [0.4, 0.5) is 5.82 Å². The smallest absolute Gasteiger partial charge is 0.261 e. The van der Waals surface area contributed by atoms with Gasteiger partial charge in [0, 0.05) is 68.8 Å². The summed E-state index contributed by atoms with van der Waals surface area (Å²) in [4.78, 5) is 47.5. The number of H-pyrrole nitrogens is 2. The van der Waals surface area contributed by atoms with Crippen molar-refractivity contribution in [2.24, 2.45) is 22.2 Å². The molecule has 5 aromatic rings. The highest BCUT2D eigenvalue weighted by atomic mass is 16.7. The average molecular weight is 1010 g/mol. The Bertz CT molecular complexity index is 3520. The summed E-state index contributed by atoms with van der Waals surface area (Å²) in [5, 5.41) is 82.7. The predicted octanol–water partition coefficient (Wildman–Crippen LogP) is 7.45. The van der Waals surface area contributed by atoms with E-state index < -0.39 is 69.7 Å². The van der Waals surface area contributed by atoms with Gasteiger partial charge >= 0.3 is 0 Å². The van der Waals surface area contributed by atoms with E-state index in [1.54, 1.807) is 43.7 Å². The third kappa shape index (κ3) is 5.29. The number of fused-ring (bicyclic) bond motifs is 11. The standard InChI is InChI=1S/C60H61N5O10/c1-28-19-33-42(37(66)20-28)48(69)44-38-21-32-30(43(44)47(33)68)11-18-62-53(32)63-25-40(67)58-15-6-8-35(58)41-31-10-9-29-7-2-3-14-57(29,39-24-61-27-64-39)50(31)65-46(41)34-22-59(74-38)51(71)49(70)52(72)60(75-59)45(34)36(58)23-56(54(60)73)17-16-55(26-56)12-4-5-13-55/h9-11,18-22,24,27,29,35,40,49,51-52,54,65-67,70-73H,2-8,12-17,23,25-26H2,1H3,(H,61,64)(H,62,63)/t29-,35-,40+,49+,51+,52-,54+,56-,57-,58-,59+,60-/m0/s1. The number of carbonyl (C=O) groups excluding carboxylic acids is 2. The van der Waals surface area contributed by atoms with E-state index in [0.717, 1.165) is 92.3 Å². The van der Waals surface area contributed by atoms with E-state index in [-0.39, 0.29) is 57.5 Å². The van der Waals surface area contributed by atoms with E-state index in [4.69, 9.17) is 14.5 Å². The number of allylic oxidation sites excluding steroid dienone is 1. The largest absolute Gasteiger partial charge is 0.507 e. The summed E-state index contributed by atoms with van der Waals surface area (Å²) in [7, 11) is 0. The Kier molecular flexibility index (Phi) is 8.90. The number of aliphatic hydroxyl groups is 5. The molecule has 5 spiro atoms. The number of imidazole rings is 1. The van der Waals surface area contributed by atoms with E-state index in [0.29, 0.717) is 71.1 Å². The molecule has 3 aromatic heterocycles. The molecule has 7 heterocycles. The Morgan fingerprint density at radius 3 is 2.52 bits per heavy atom. The van der Waals surface area contributed by atoms with Gasteiger partial charge in [-0.25, -0.2) is 9.97 Å². The number of ether oxygens (including phenoxy) is 2. The molecule has 15 nitrogen and oxygen atoms in total. The van der Waals surface area contributed by atoms with Crippen LogP contribution in [-0.2, 0) is 10.2 Å². The van der Waals surface area contributed by atoms with Crippen molar-refractivity contribution in [3.05, 3.63) is 122 Å². The SMILES string of the molecule is Cc1cc(O)c2c(c1)C(=O)c1c(c3cc4c(nccc14)NC[C@@H](O)[C@@]14CCC[C@H]1c1c([nH]c5c1C=C[C@@H]1CCCC[C@]51c1cnc[nH]1)C1=C[C@@]5(O3)O[C@@]3(C1=C4C[C@]1(CCC4(CCCC4)C1)[C@H]3O)[C@@H](O)[C@H](O)[C@H]5O)C2=O. The molecule has 2 aromatic carbocycles. The van der Waals surface area contributed by atoms with Crippen LogP contribution in [0.2, 0.25) is 0 Å². The first-order valence-corrected chi connectivity index (χ1v) is 27.5. The number of aryl methyl sites for hydroxylation is 1. The van der Waals surface area contributed by atoms with Crippen LogP contribution in [0.15, 0.2) is 66.3 Å². The van der Waals surface area contributed by atoms with Gasteiger partial charge in [0.05, 0.1) is 40.8 Å². The lowest BCUT2D eigenvalue weighted by Gasteiger charge is -2.64. The molecule has 386 valence electrons. The van der Waals surface area contributed by atoms with Crippen molar-refractivity contribution in [3.63, 3.8) is 0 Å². The molecule has 17 rings (SSSR count). The number of aliphatic hydroxyl groups excluding tert-OH is 5. The number of hydrogen-bond acceptors (Lipinski definition) is 13. The number of phenols is 1.